The molecule has 2 saturated heterocycles. The number of ether oxygens (including phenoxy) is 2. The van der Waals surface area contributed by atoms with Gasteiger partial charge in [-0.1, -0.05) is 53.5 Å². The zero-order valence-corrected chi connectivity index (χ0v) is 56.8. The minimum Gasteiger partial charge on any atom is -0.378 e. The van der Waals surface area contributed by atoms with Crippen molar-refractivity contribution >= 4 is 169 Å². The predicted octanol–water partition coefficient (Wildman–Crippen LogP) is 11.3. The number of thioether (sulfide) groups is 1. The molecule has 4 aromatic carbocycles. The number of thiazole rings is 2. The number of hydrogen-bond donors (Lipinski definition) is 6. The van der Waals surface area contributed by atoms with Crippen LogP contribution in [-0.2, 0) is 48.9 Å². The van der Waals surface area contributed by atoms with Gasteiger partial charge in [0.25, 0.3) is 32.1 Å². The highest BCUT2D eigenvalue weighted by atomic mass is 32.2. The highest BCUT2D eigenvalue weighted by molar-refractivity contribution is 7.99. The zero-order valence-electron chi connectivity index (χ0n) is 52.8. The molecule has 2 amide bonds. The van der Waals surface area contributed by atoms with Crippen LogP contribution in [0.15, 0.2) is 131 Å². The van der Waals surface area contributed by atoms with Gasteiger partial charge in [0.05, 0.1) is 68.5 Å². The summed E-state index contributed by atoms with van der Waals surface area (Å²) >= 11 is 3.55. The van der Waals surface area contributed by atoms with Crippen LogP contribution in [0.4, 0.5) is 79.3 Å². The fraction of sp³-hybridized carbons (Fsp3) is 0.328. The highest BCUT2D eigenvalue weighted by Gasteiger charge is 2.26. The van der Waals surface area contributed by atoms with Crippen LogP contribution in [0.5, 0.6) is 0 Å². The first-order valence-electron chi connectivity index (χ1n) is 30.0. The molecule has 29 nitrogen and oxygen atoms in total. The minimum absolute atomic E-state index is 0.0306. The number of carbonyl (C=O) groups excluding carboxylic acids is 4. The quantitative estimate of drug-likeness (QED) is 0.00662. The summed E-state index contributed by atoms with van der Waals surface area (Å²) < 4.78 is 78.0. The molecule has 5 heterocycles. The lowest BCUT2D eigenvalue weighted by atomic mass is 10.1. The van der Waals surface area contributed by atoms with E-state index in [1.807, 2.05) is 68.7 Å². The van der Waals surface area contributed by atoms with E-state index in [0.29, 0.717) is 134 Å². The van der Waals surface area contributed by atoms with E-state index in [2.05, 4.69) is 41.3 Å². The van der Waals surface area contributed by atoms with E-state index in [1.165, 1.54) is 62.0 Å². The molecule has 6 N–H and O–H groups in total. The summed E-state index contributed by atoms with van der Waals surface area (Å²) in [4.78, 5) is 86.2. The van der Waals surface area contributed by atoms with Gasteiger partial charge in [0.1, 0.15) is 23.0 Å². The van der Waals surface area contributed by atoms with Crippen molar-refractivity contribution in [1.29, 1.82) is 0 Å². The minimum atomic E-state index is -4.59. The van der Waals surface area contributed by atoms with Crippen LogP contribution in [0.3, 0.4) is 0 Å². The molecule has 0 saturated carbocycles. The molecular weight excluding hydrogens is 1320 g/mol. The molecule has 0 bridgehead atoms. The lowest BCUT2D eigenvalue weighted by Crippen LogP contribution is -2.36. The fourth-order valence-electron chi connectivity index (χ4n) is 9.77. The number of rotatable bonds is 28. The molecule has 7 aromatic rings. The van der Waals surface area contributed by atoms with Crippen LogP contribution >= 0.6 is 34.4 Å². The number of anilines is 10. The van der Waals surface area contributed by atoms with Gasteiger partial charge < -0.3 is 50.3 Å². The normalized spacial score (nSPS) is 14.1. The van der Waals surface area contributed by atoms with Gasteiger partial charge in [-0.25, -0.2) is 0 Å². The van der Waals surface area contributed by atoms with Gasteiger partial charge in [-0.15, -0.1) is 20.5 Å². The summed E-state index contributed by atoms with van der Waals surface area (Å²) in [6.07, 6.45) is 2.81. The molecule has 0 aliphatic carbocycles. The van der Waals surface area contributed by atoms with Crippen molar-refractivity contribution in [1.82, 2.24) is 24.9 Å². The lowest BCUT2D eigenvalue weighted by molar-refractivity contribution is -0.120. The topological polar surface area (TPSA) is 370 Å². The molecule has 2 aliphatic heterocycles. The molecule has 0 unspecified atom stereocenters. The molecular formula is C61H69N17O12S5. The molecule has 3 aromatic heterocycles. The summed E-state index contributed by atoms with van der Waals surface area (Å²) in [6.45, 7) is 18.7. The van der Waals surface area contributed by atoms with E-state index in [0.717, 1.165) is 58.3 Å². The Labute approximate surface area is 560 Å². The summed E-state index contributed by atoms with van der Waals surface area (Å²) in [5.41, 5.74) is 2.94. The van der Waals surface area contributed by atoms with Gasteiger partial charge in [0.2, 0.25) is 22.2 Å². The van der Waals surface area contributed by atoms with Crippen molar-refractivity contribution in [2.24, 2.45) is 20.5 Å². The number of benzene rings is 4. The van der Waals surface area contributed by atoms with Crippen molar-refractivity contribution in [2.75, 3.05) is 125 Å². The van der Waals surface area contributed by atoms with Crippen LogP contribution < -0.4 is 40.9 Å². The maximum Gasteiger partial charge on any atom is 0.294 e. The Kier molecular flexibility index (Phi) is 23.7. The molecule has 500 valence electrons. The fourth-order valence-corrected chi connectivity index (χ4v) is 13.1. The number of nitrogens with one attached hydrogen (secondary N) is 4. The smallest absolute Gasteiger partial charge is 0.294 e. The number of morpholine rings is 2. The van der Waals surface area contributed by atoms with Crippen LogP contribution in [-0.4, -0.2) is 159 Å². The predicted molar refractivity (Wildman–Crippen MR) is 369 cm³/mol. The Bertz CT molecular complexity index is 4080. The Balaban J connectivity index is 1.05. The third-order valence-corrected chi connectivity index (χ3v) is 18.7. The molecule has 2 fully saturated rings. The number of nitrogens with zero attached hydrogens (tertiary/aromatic N) is 13. The summed E-state index contributed by atoms with van der Waals surface area (Å²) in [5, 5.41) is 31.3. The first-order valence-corrected chi connectivity index (χ1v) is 35.5. The summed E-state index contributed by atoms with van der Waals surface area (Å²) in [6, 6.07) is 21.2. The third kappa shape index (κ3) is 18.5. The summed E-state index contributed by atoms with van der Waals surface area (Å²) in [5.74, 6) is -1.05. The van der Waals surface area contributed by atoms with E-state index >= 15 is 0 Å². The van der Waals surface area contributed by atoms with Gasteiger partial charge in [-0.3, -0.25) is 28.3 Å². The molecule has 9 rings (SSSR count). The number of carbonyl (C=O) groups is 4. The first-order chi connectivity index (χ1) is 45.5. The Hall–Kier alpha value is -9.00. The average molecular weight is 1390 g/mol. The number of Topliss-reactive ketones (excluding diaryl/α,β-unsaturated/α-hetero) is 2. The largest absolute Gasteiger partial charge is 0.378 e. The van der Waals surface area contributed by atoms with Crippen LogP contribution in [0.2, 0.25) is 0 Å². The van der Waals surface area contributed by atoms with Gasteiger partial charge in [-0.05, 0) is 132 Å². The van der Waals surface area contributed by atoms with Gasteiger partial charge in [0.15, 0.2) is 16.7 Å². The molecule has 0 atom stereocenters. The SMILES string of the molecule is CCSc1nc(Nc2cc(N(CC)CC)ccc2N=Nc2nc(N3CCOCC3)c(C=C(C(C)=O)C(=O)Nc3cccc(S(=O)(=O)O)c3)s2)nc(Nc2cc(N(CC)CC)ccc2N=Nc2nc(N3CCOCC3)c(C=C(C(C)=O)C(=O)Nc3cccc(S(=O)(=O)O)c3)s2)n1. The number of amides is 2. The Morgan fingerprint density at radius 1 is 0.568 bits per heavy atom. The number of aromatic nitrogens is 5. The van der Waals surface area contributed by atoms with Crippen molar-refractivity contribution in [2.45, 2.75) is 63.4 Å². The van der Waals surface area contributed by atoms with Crippen molar-refractivity contribution in [3.63, 3.8) is 0 Å². The maximum absolute atomic E-state index is 13.7. The number of ketones is 2. The van der Waals surface area contributed by atoms with Gasteiger partial charge in [0, 0.05) is 75.1 Å². The van der Waals surface area contributed by atoms with Crippen molar-refractivity contribution in [3.05, 3.63) is 106 Å². The molecule has 0 radical (unpaired) electrons. The lowest BCUT2D eigenvalue weighted by Gasteiger charge is -2.27. The molecule has 34 heteroatoms. The first kappa shape index (κ1) is 70.3. The van der Waals surface area contributed by atoms with Crippen LogP contribution in [0.1, 0.15) is 58.2 Å². The maximum atomic E-state index is 13.7. The second kappa shape index (κ2) is 32.0. The second-order valence-electron chi connectivity index (χ2n) is 20.8. The van der Waals surface area contributed by atoms with E-state index in [4.69, 9.17) is 44.6 Å². The Morgan fingerprint density at radius 2 is 0.968 bits per heavy atom. The highest BCUT2D eigenvalue weighted by Crippen LogP contribution is 2.41. The van der Waals surface area contributed by atoms with E-state index in [1.54, 1.807) is 12.1 Å². The average Bonchev–Trinajstić information content (AvgIpc) is 1.73. The van der Waals surface area contributed by atoms with Crippen LogP contribution in [0.25, 0.3) is 12.2 Å². The second-order valence-corrected chi connectivity index (χ2v) is 26.9. The van der Waals surface area contributed by atoms with E-state index in [-0.39, 0.29) is 44.7 Å². The van der Waals surface area contributed by atoms with Gasteiger partial charge in [-0.2, -0.15) is 41.8 Å². The standard InChI is InChI=1S/C61H69N17O12S5/c1-8-75(9-2)41-19-21-47(71-73-60-66-53(77-23-27-89-28-24-77)51(92-60)35-45(37(6)79)55(81)62-39-15-13-17-43(31-39)94(83,84)85)49(33-41)64-57-68-58(70-59(69-57)91-12-5)65-50-34-42(76(10-3)11-4)20-22-48(50)72-74-61-67-54(78-25-29-90-30-26-78)52(93-61)36-46(38(7)80)56(82)63-40-16-14-18-44(32-40)95(86,87)88/h13-22,31-36H,8-12,23-30H2,1-7H3,(H,62,81)(H,63,82)(H,83,84,85)(H,86,87,88)(H2,64,65,68,69,70). The molecule has 2 aliphatic rings. The molecule has 0 spiro atoms. The van der Waals surface area contributed by atoms with E-state index in [9.17, 15) is 45.1 Å². The van der Waals surface area contributed by atoms with E-state index < -0.39 is 53.4 Å². The van der Waals surface area contributed by atoms with Crippen LogP contribution in [0, 0.1) is 0 Å². The monoisotopic (exact) mass is 1390 g/mol. The zero-order chi connectivity index (χ0) is 68.0. The number of azo groups is 2. The Morgan fingerprint density at radius 3 is 1.33 bits per heavy atom. The number of hydrogen-bond acceptors (Lipinski definition) is 28. The molecule has 95 heavy (non-hydrogen) atoms. The van der Waals surface area contributed by atoms with Gasteiger partial charge >= 0.3 is 0 Å². The third-order valence-electron chi connectivity index (χ3n) is 14.5. The summed E-state index contributed by atoms with van der Waals surface area (Å²) in [7, 11) is -9.18. The van der Waals surface area contributed by atoms with Crippen molar-refractivity contribution < 1.29 is 54.6 Å². The van der Waals surface area contributed by atoms with Crippen molar-refractivity contribution in [3.8, 4) is 0 Å².